The summed E-state index contributed by atoms with van der Waals surface area (Å²) in [7, 11) is 1.80. The number of hydrogen-bond acceptors (Lipinski definition) is 5. The van der Waals surface area contributed by atoms with Crippen molar-refractivity contribution in [2.75, 3.05) is 20.1 Å². The van der Waals surface area contributed by atoms with Gasteiger partial charge in [0, 0.05) is 56.5 Å². The molecule has 2 heterocycles. The summed E-state index contributed by atoms with van der Waals surface area (Å²) in [6.07, 6.45) is 0.618. The molecule has 0 saturated carbocycles. The van der Waals surface area contributed by atoms with Crippen LogP contribution in [0.4, 0.5) is 0 Å². The molecule has 0 unspecified atom stereocenters. The average molecular weight is 482 g/mol. The van der Waals surface area contributed by atoms with Crippen molar-refractivity contribution in [1.29, 1.82) is 0 Å². The van der Waals surface area contributed by atoms with Crippen molar-refractivity contribution in [3.63, 3.8) is 0 Å². The number of aryl methyl sites for hydroxylation is 1. The summed E-state index contributed by atoms with van der Waals surface area (Å²) < 4.78 is 11.4. The Balaban J connectivity index is 1.48. The molecule has 1 fully saturated rings. The van der Waals surface area contributed by atoms with E-state index in [4.69, 9.17) is 20.9 Å². The zero-order chi connectivity index (χ0) is 24.1. The highest BCUT2D eigenvalue weighted by Gasteiger charge is 2.36. The van der Waals surface area contributed by atoms with Gasteiger partial charge in [0.1, 0.15) is 11.9 Å². The van der Waals surface area contributed by atoms with Crippen molar-refractivity contribution in [2.45, 2.75) is 32.4 Å². The minimum absolute atomic E-state index is 0.00152. The van der Waals surface area contributed by atoms with Gasteiger partial charge in [-0.3, -0.25) is 9.59 Å². The molecular weight excluding hydrogens is 454 g/mol. The van der Waals surface area contributed by atoms with Crippen molar-refractivity contribution in [3.8, 4) is 5.75 Å². The van der Waals surface area contributed by atoms with Crippen molar-refractivity contribution >= 4 is 23.4 Å². The minimum atomic E-state index is -0.229. The Morgan fingerprint density at radius 2 is 1.97 bits per heavy atom. The molecule has 0 spiro atoms. The number of piperidine rings is 1. The molecule has 1 aromatic heterocycles. The number of likely N-dealkylation sites (tertiary alicyclic amines) is 1. The van der Waals surface area contributed by atoms with E-state index >= 15 is 0 Å². The van der Waals surface area contributed by atoms with Gasteiger partial charge >= 0.3 is 0 Å². The second-order valence-electron chi connectivity index (χ2n) is 8.69. The molecule has 0 radical (unpaired) electrons. The third-order valence-corrected chi connectivity index (χ3v) is 6.23. The van der Waals surface area contributed by atoms with E-state index in [1.54, 1.807) is 42.0 Å². The molecular formula is C26H28ClN3O4. The van der Waals surface area contributed by atoms with E-state index in [1.807, 2.05) is 42.5 Å². The van der Waals surface area contributed by atoms with Crippen LogP contribution in [0.15, 0.2) is 65.2 Å². The molecule has 2 atom stereocenters. The molecule has 1 saturated heterocycles. The van der Waals surface area contributed by atoms with E-state index < -0.39 is 0 Å². The lowest BCUT2D eigenvalue weighted by Gasteiger charge is -2.38. The first-order chi connectivity index (χ1) is 16.4. The number of carbonyl (C=O) groups excluding carboxylic acids is 2. The maximum absolute atomic E-state index is 13.1. The van der Waals surface area contributed by atoms with Gasteiger partial charge in [0.25, 0.3) is 5.91 Å². The van der Waals surface area contributed by atoms with Gasteiger partial charge in [-0.15, -0.1) is 0 Å². The van der Waals surface area contributed by atoms with Crippen LogP contribution in [0.5, 0.6) is 5.75 Å². The van der Waals surface area contributed by atoms with Crippen LogP contribution in [0, 0.1) is 12.8 Å². The minimum Gasteiger partial charge on any atom is -0.490 e. The number of carbonyl (C=O) groups is 2. The van der Waals surface area contributed by atoms with Crippen LogP contribution in [0.3, 0.4) is 0 Å². The summed E-state index contributed by atoms with van der Waals surface area (Å²) in [5.74, 6) is 0.442. The Bertz CT molecular complexity index is 1130. The first-order valence-electron chi connectivity index (χ1n) is 11.3. The quantitative estimate of drug-likeness (QED) is 0.493. The molecule has 7 nitrogen and oxygen atoms in total. The van der Waals surface area contributed by atoms with Gasteiger partial charge in [-0.1, -0.05) is 53.2 Å². The zero-order valence-corrected chi connectivity index (χ0v) is 20.1. The van der Waals surface area contributed by atoms with Gasteiger partial charge in [0.2, 0.25) is 11.7 Å². The zero-order valence-electron chi connectivity index (χ0n) is 19.3. The number of nitrogens with zero attached hydrogens (tertiary/aromatic N) is 3. The summed E-state index contributed by atoms with van der Waals surface area (Å²) in [5, 5.41) is 4.41. The number of benzene rings is 2. The van der Waals surface area contributed by atoms with E-state index in [0.717, 1.165) is 5.56 Å². The number of amides is 2. The fourth-order valence-electron chi connectivity index (χ4n) is 4.21. The molecule has 0 bridgehead atoms. The summed E-state index contributed by atoms with van der Waals surface area (Å²) in [6, 6.07) is 18.7. The molecule has 4 rings (SSSR count). The SMILES string of the molecule is Cc1cc(C(=O)N2CC[C@H](Oc3cccc(Cl)c3)[C@@H](CC(=O)N(C)Cc3ccccc3)C2)on1. The predicted octanol–water partition coefficient (Wildman–Crippen LogP) is 4.59. The third-order valence-electron chi connectivity index (χ3n) is 6.00. The molecule has 178 valence electrons. The molecule has 3 aromatic rings. The number of rotatable bonds is 7. The monoisotopic (exact) mass is 481 g/mol. The third kappa shape index (κ3) is 5.97. The number of hydrogen-bond donors (Lipinski definition) is 0. The first-order valence-corrected chi connectivity index (χ1v) is 11.7. The Morgan fingerprint density at radius 3 is 2.68 bits per heavy atom. The molecule has 0 N–H and O–H groups in total. The molecule has 2 amide bonds. The van der Waals surface area contributed by atoms with Crippen LogP contribution in [0.2, 0.25) is 5.02 Å². The number of ether oxygens (including phenoxy) is 1. The van der Waals surface area contributed by atoms with Crippen LogP contribution in [-0.4, -0.2) is 53.0 Å². The predicted molar refractivity (Wildman–Crippen MR) is 129 cm³/mol. The maximum Gasteiger partial charge on any atom is 0.292 e. The van der Waals surface area contributed by atoms with Gasteiger partial charge in [0.05, 0.1) is 5.69 Å². The maximum atomic E-state index is 13.1. The van der Waals surface area contributed by atoms with Crippen LogP contribution in [0.1, 0.15) is 34.7 Å². The largest absolute Gasteiger partial charge is 0.490 e. The molecule has 0 aliphatic carbocycles. The Labute approximate surface area is 204 Å². The van der Waals surface area contributed by atoms with Crippen LogP contribution in [0.25, 0.3) is 0 Å². The van der Waals surface area contributed by atoms with E-state index in [0.29, 0.717) is 42.5 Å². The topological polar surface area (TPSA) is 75.9 Å². The molecule has 8 heteroatoms. The standard InChI is InChI=1S/C26H28ClN3O4/c1-18-13-24(34-28-18)26(32)30-12-11-23(33-22-10-6-9-21(27)15-22)20(17-30)14-25(31)29(2)16-19-7-4-3-5-8-19/h3-10,13,15,20,23H,11-12,14,16-17H2,1-2H3/t20-,23-/m0/s1. The highest BCUT2D eigenvalue weighted by Crippen LogP contribution is 2.28. The van der Waals surface area contributed by atoms with E-state index in [1.165, 1.54) is 0 Å². The smallest absolute Gasteiger partial charge is 0.292 e. The number of aromatic nitrogens is 1. The normalized spacial score (nSPS) is 17.9. The highest BCUT2D eigenvalue weighted by molar-refractivity contribution is 6.30. The lowest BCUT2D eigenvalue weighted by Crippen LogP contribution is -2.49. The summed E-state index contributed by atoms with van der Waals surface area (Å²) >= 11 is 6.13. The van der Waals surface area contributed by atoms with E-state index in [-0.39, 0.29) is 36.0 Å². The fourth-order valence-corrected chi connectivity index (χ4v) is 4.39. The first kappa shape index (κ1) is 23.8. The summed E-state index contributed by atoms with van der Waals surface area (Å²) in [6.45, 7) is 3.17. The van der Waals surface area contributed by atoms with Gasteiger partial charge < -0.3 is 19.1 Å². The number of halogens is 1. The molecule has 1 aliphatic rings. The molecule has 34 heavy (non-hydrogen) atoms. The van der Waals surface area contributed by atoms with Crippen LogP contribution >= 0.6 is 11.6 Å². The lowest BCUT2D eigenvalue weighted by molar-refractivity contribution is -0.133. The van der Waals surface area contributed by atoms with E-state index in [9.17, 15) is 9.59 Å². The lowest BCUT2D eigenvalue weighted by atomic mass is 9.90. The van der Waals surface area contributed by atoms with Crippen molar-refractivity contribution in [1.82, 2.24) is 15.0 Å². The van der Waals surface area contributed by atoms with Gasteiger partial charge in [-0.2, -0.15) is 0 Å². The fraction of sp³-hybridized carbons (Fsp3) is 0.346. The van der Waals surface area contributed by atoms with Gasteiger partial charge in [-0.05, 0) is 30.7 Å². The van der Waals surface area contributed by atoms with Crippen molar-refractivity contribution in [3.05, 3.63) is 82.7 Å². The average Bonchev–Trinajstić information content (AvgIpc) is 3.26. The van der Waals surface area contributed by atoms with Crippen molar-refractivity contribution < 1.29 is 18.8 Å². The van der Waals surface area contributed by atoms with Gasteiger partial charge in [-0.25, -0.2) is 0 Å². The Morgan fingerprint density at radius 1 is 1.18 bits per heavy atom. The Hall–Kier alpha value is -3.32. The Kier molecular flexibility index (Phi) is 7.53. The van der Waals surface area contributed by atoms with Crippen molar-refractivity contribution in [2.24, 2.45) is 5.92 Å². The highest BCUT2D eigenvalue weighted by atomic mass is 35.5. The second kappa shape index (κ2) is 10.7. The van der Waals surface area contributed by atoms with Gasteiger partial charge in [0.15, 0.2) is 0 Å². The summed E-state index contributed by atoms with van der Waals surface area (Å²) in [5.41, 5.74) is 1.71. The summed E-state index contributed by atoms with van der Waals surface area (Å²) in [4.78, 5) is 29.5. The molecule has 1 aliphatic heterocycles. The van der Waals surface area contributed by atoms with E-state index in [2.05, 4.69) is 5.16 Å². The molecule has 2 aromatic carbocycles. The second-order valence-corrected chi connectivity index (χ2v) is 9.12. The van der Waals surface area contributed by atoms with Crippen LogP contribution in [-0.2, 0) is 11.3 Å². The van der Waals surface area contributed by atoms with Crippen LogP contribution < -0.4 is 4.74 Å².